The van der Waals surface area contributed by atoms with Crippen molar-refractivity contribution in [3.8, 4) is 0 Å². The minimum Gasteiger partial charge on any atom is -0.397 e. The van der Waals surface area contributed by atoms with E-state index in [9.17, 15) is 4.79 Å². The Kier molecular flexibility index (Phi) is 3.34. The van der Waals surface area contributed by atoms with Crippen molar-refractivity contribution < 1.29 is 4.79 Å². The second-order valence-corrected chi connectivity index (χ2v) is 5.52. The van der Waals surface area contributed by atoms with Crippen LogP contribution in [-0.4, -0.2) is 20.5 Å². The Morgan fingerprint density at radius 1 is 1.38 bits per heavy atom. The highest BCUT2D eigenvalue weighted by molar-refractivity contribution is 9.10. The van der Waals surface area contributed by atoms with Gasteiger partial charge in [0.15, 0.2) is 0 Å². The largest absolute Gasteiger partial charge is 0.397 e. The van der Waals surface area contributed by atoms with Crippen LogP contribution in [-0.2, 0) is 0 Å². The molecule has 7 heteroatoms. The van der Waals surface area contributed by atoms with Crippen molar-refractivity contribution in [2.75, 3.05) is 11.1 Å². The van der Waals surface area contributed by atoms with E-state index in [4.69, 9.17) is 5.73 Å². The number of nitrogen functional groups attached to an aromatic ring is 1. The number of fused-ring (bicyclic) bond motifs is 1. The van der Waals surface area contributed by atoms with Crippen molar-refractivity contribution in [3.05, 3.63) is 52.5 Å². The van der Waals surface area contributed by atoms with Gasteiger partial charge >= 0.3 is 0 Å². The summed E-state index contributed by atoms with van der Waals surface area (Å²) in [5.74, 6) is -0.268. The quantitative estimate of drug-likeness (QED) is 0.699. The molecule has 0 fully saturated rings. The number of carbonyl (C=O) groups is 1. The Morgan fingerprint density at radius 3 is 2.95 bits per heavy atom. The molecule has 3 N–H and O–H groups in total. The predicted octanol–water partition coefficient (Wildman–Crippen LogP) is 2.63. The zero-order valence-electron chi connectivity index (χ0n) is 11.2. The first-order chi connectivity index (χ1) is 10.1. The van der Waals surface area contributed by atoms with Crippen LogP contribution in [0.15, 0.2) is 41.4 Å². The number of aryl methyl sites for hydroxylation is 1. The van der Waals surface area contributed by atoms with E-state index >= 15 is 0 Å². The highest BCUT2D eigenvalue weighted by Gasteiger charge is 2.15. The van der Waals surface area contributed by atoms with E-state index in [1.54, 1.807) is 29.2 Å². The minimum absolute atomic E-state index is 0.268. The third kappa shape index (κ3) is 2.47. The van der Waals surface area contributed by atoms with Crippen molar-refractivity contribution in [1.82, 2.24) is 14.6 Å². The van der Waals surface area contributed by atoms with Crippen LogP contribution in [0.25, 0.3) is 5.52 Å². The molecular formula is C14H12BrN5O. The molecule has 0 saturated heterocycles. The normalized spacial score (nSPS) is 10.8. The fourth-order valence-electron chi connectivity index (χ4n) is 2.13. The first-order valence-electron chi connectivity index (χ1n) is 6.20. The van der Waals surface area contributed by atoms with Crippen LogP contribution in [0.1, 0.15) is 15.9 Å². The zero-order chi connectivity index (χ0) is 15.0. The molecule has 0 aliphatic heterocycles. The van der Waals surface area contributed by atoms with Crippen LogP contribution in [0.5, 0.6) is 0 Å². The molecule has 0 saturated carbocycles. The van der Waals surface area contributed by atoms with Crippen molar-refractivity contribution in [2.45, 2.75) is 6.92 Å². The molecule has 2 aromatic heterocycles. The number of carbonyl (C=O) groups excluding carboxylic acids is 1. The van der Waals surface area contributed by atoms with E-state index in [2.05, 4.69) is 31.3 Å². The van der Waals surface area contributed by atoms with Gasteiger partial charge in [-0.1, -0.05) is 15.9 Å². The Bertz CT molecular complexity index is 819. The molecule has 2 heterocycles. The topological polar surface area (TPSA) is 85.3 Å². The summed E-state index contributed by atoms with van der Waals surface area (Å²) in [4.78, 5) is 16.4. The lowest BCUT2D eigenvalue weighted by molar-refractivity contribution is 0.102. The third-order valence-electron chi connectivity index (χ3n) is 3.14. The van der Waals surface area contributed by atoms with Gasteiger partial charge in [0.25, 0.3) is 5.91 Å². The van der Waals surface area contributed by atoms with Crippen LogP contribution in [0.3, 0.4) is 0 Å². The number of nitrogens with two attached hydrogens (primary N) is 1. The van der Waals surface area contributed by atoms with E-state index in [1.807, 2.05) is 13.0 Å². The summed E-state index contributed by atoms with van der Waals surface area (Å²) >= 11 is 3.37. The first-order valence-corrected chi connectivity index (χ1v) is 7.00. The Hall–Kier alpha value is -2.41. The van der Waals surface area contributed by atoms with Gasteiger partial charge in [0.2, 0.25) is 0 Å². The van der Waals surface area contributed by atoms with Gasteiger partial charge in [-0.05, 0) is 24.6 Å². The number of nitrogens with one attached hydrogen (secondary N) is 1. The van der Waals surface area contributed by atoms with Crippen molar-refractivity contribution in [3.63, 3.8) is 0 Å². The maximum atomic E-state index is 12.4. The van der Waals surface area contributed by atoms with Crippen LogP contribution in [0, 0.1) is 6.92 Å². The molecule has 0 aliphatic carbocycles. The number of hydrogen-bond acceptors (Lipinski definition) is 4. The summed E-state index contributed by atoms with van der Waals surface area (Å²) in [5, 5.41) is 6.95. The summed E-state index contributed by atoms with van der Waals surface area (Å²) in [6.45, 7) is 1.88. The molecule has 3 rings (SSSR count). The van der Waals surface area contributed by atoms with Crippen LogP contribution >= 0.6 is 15.9 Å². The second kappa shape index (κ2) is 5.17. The van der Waals surface area contributed by atoms with Gasteiger partial charge in [0.05, 0.1) is 34.8 Å². The number of aromatic nitrogens is 3. The maximum Gasteiger partial charge on any atom is 0.259 e. The molecule has 1 aromatic carbocycles. The number of anilines is 2. The van der Waals surface area contributed by atoms with Crippen LogP contribution in [0.4, 0.5) is 11.4 Å². The zero-order valence-corrected chi connectivity index (χ0v) is 12.8. The van der Waals surface area contributed by atoms with Gasteiger partial charge in [-0.15, -0.1) is 0 Å². The van der Waals surface area contributed by atoms with Crippen molar-refractivity contribution >= 4 is 38.7 Å². The van der Waals surface area contributed by atoms with Crippen molar-refractivity contribution in [1.29, 1.82) is 0 Å². The maximum absolute atomic E-state index is 12.4. The molecule has 1 amide bonds. The monoisotopic (exact) mass is 345 g/mol. The molecular weight excluding hydrogens is 334 g/mol. The smallest absolute Gasteiger partial charge is 0.259 e. The molecule has 0 unspecified atom stereocenters. The molecule has 0 atom stereocenters. The minimum atomic E-state index is -0.268. The SMILES string of the molecule is Cc1cc(Br)cc(N)c1NC(=O)c1cnn2ccncc12. The predicted molar refractivity (Wildman–Crippen MR) is 84.2 cm³/mol. The average molecular weight is 346 g/mol. The molecule has 21 heavy (non-hydrogen) atoms. The van der Waals surface area contributed by atoms with E-state index in [1.165, 1.54) is 6.20 Å². The van der Waals surface area contributed by atoms with E-state index in [-0.39, 0.29) is 5.91 Å². The highest BCUT2D eigenvalue weighted by atomic mass is 79.9. The van der Waals surface area contributed by atoms with Crippen LogP contribution in [0.2, 0.25) is 0 Å². The van der Waals surface area contributed by atoms with Gasteiger partial charge in [0.1, 0.15) is 0 Å². The molecule has 0 radical (unpaired) electrons. The number of hydrogen-bond donors (Lipinski definition) is 2. The van der Waals surface area contributed by atoms with Gasteiger partial charge in [0, 0.05) is 16.9 Å². The molecule has 106 valence electrons. The second-order valence-electron chi connectivity index (χ2n) is 4.61. The van der Waals surface area contributed by atoms with E-state index in [0.29, 0.717) is 22.5 Å². The van der Waals surface area contributed by atoms with Gasteiger partial charge in [-0.25, -0.2) is 4.52 Å². The van der Waals surface area contributed by atoms with Crippen LogP contribution < -0.4 is 11.1 Å². The first kappa shape index (κ1) is 13.6. The van der Waals surface area contributed by atoms with Gasteiger partial charge in [-0.3, -0.25) is 9.78 Å². The number of rotatable bonds is 2. The Balaban J connectivity index is 1.97. The number of nitrogens with zero attached hydrogens (tertiary/aromatic N) is 3. The third-order valence-corrected chi connectivity index (χ3v) is 3.60. The summed E-state index contributed by atoms with van der Waals surface area (Å²) < 4.78 is 2.47. The fourth-order valence-corrected chi connectivity index (χ4v) is 2.72. The molecule has 6 nitrogen and oxygen atoms in total. The molecule has 0 spiro atoms. The highest BCUT2D eigenvalue weighted by Crippen LogP contribution is 2.28. The fraction of sp³-hybridized carbons (Fsp3) is 0.0714. The van der Waals surface area contributed by atoms with Gasteiger partial charge in [-0.2, -0.15) is 5.10 Å². The molecule has 0 bridgehead atoms. The summed E-state index contributed by atoms with van der Waals surface area (Å²) in [5.41, 5.74) is 9.04. The van der Waals surface area contributed by atoms with E-state index < -0.39 is 0 Å². The molecule has 3 aromatic rings. The van der Waals surface area contributed by atoms with Crippen molar-refractivity contribution in [2.24, 2.45) is 0 Å². The number of amides is 1. The summed E-state index contributed by atoms with van der Waals surface area (Å²) in [6.07, 6.45) is 6.40. The Labute approximate surface area is 129 Å². The summed E-state index contributed by atoms with van der Waals surface area (Å²) in [6, 6.07) is 3.64. The molecule has 0 aliphatic rings. The lowest BCUT2D eigenvalue weighted by Crippen LogP contribution is -2.14. The average Bonchev–Trinajstić information content (AvgIpc) is 2.86. The summed E-state index contributed by atoms with van der Waals surface area (Å²) in [7, 11) is 0. The lowest BCUT2D eigenvalue weighted by Gasteiger charge is -2.11. The standard InChI is InChI=1S/C14H12BrN5O/c1-8-4-9(15)5-11(16)13(8)19-14(21)10-6-18-20-3-2-17-7-12(10)20/h2-7H,16H2,1H3,(H,19,21). The van der Waals surface area contributed by atoms with E-state index in [0.717, 1.165) is 10.0 Å². The Morgan fingerprint density at radius 2 is 2.19 bits per heavy atom. The van der Waals surface area contributed by atoms with Gasteiger partial charge < -0.3 is 11.1 Å². The lowest BCUT2D eigenvalue weighted by atomic mass is 10.1. The number of benzene rings is 1. The number of halogens is 1.